The smallest absolute Gasteiger partial charge is 0.163 e. The predicted octanol–water partition coefficient (Wildman–Crippen LogP) is 3.63. The third-order valence-electron chi connectivity index (χ3n) is 4.46. The molecule has 0 aliphatic carbocycles. The van der Waals surface area contributed by atoms with Crippen molar-refractivity contribution >= 4 is 10.9 Å². The number of aryl methyl sites for hydroxylation is 2. The van der Waals surface area contributed by atoms with Crippen molar-refractivity contribution in [3.63, 3.8) is 0 Å². The van der Waals surface area contributed by atoms with Crippen LogP contribution in [0.2, 0.25) is 0 Å². The first-order valence-corrected chi connectivity index (χ1v) is 8.31. The molecule has 3 N–H and O–H groups in total. The molecule has 0 atom stereocenters. The van der Waals surface area contributed by atoms with Gasteiger partial charge in [0, 0.05) is 10.9 Å². The van der Waals surface area contributed by atoms with Crippen LogP contribution < -0.4 is 10.6 Å². The number of hydrogen-bond acceptors (Lipinski definition) is 5. The Hall–Kier alpha value is -3.25. The van der Waals surface area contributed by atoms with Gasteiger partial charge in [0.2, 0.25) is 0 Å². The van der Waals surface area contributed by atoms with Crippen LogP contribution in [0.4, 0.5) is 0 Å². The predicted molar refractivity (Wildman–Crippen MR) is 99.6 cm³/mol. The van der Waals surface area contributed by atoms with Gasteiger partial charge < -0.3 is 14.5 Å². The Kier molecular flexibility index (Phi) is 3.89. The minimum Gasteiger partial charge on any atom is -0.508 e. The van der Waals surface area contributed by atoms with Gasteiger partial charge in [0.05, 0.1) is 16.8 Å². The van der Waals surface area contributed by atoms with E-state index < -0.39 is 0 Å². The highest BCUT2D eigenvalue weighted by atomic mass is 16.7. The van der Waals surface area contributed by atoms with Gasteiger partial charge in [0.25, 0.3) is 0 Å². The van der Waals surface area contributed by atoms with Crippen molar-refractivity contribution in [1.29, 1.82) is 0 Å². The first-order valence-electron chi connectivity index (χ1n) is 8.31. The molecule has 0 unspecified atom stereocenters. The van der Waals surface area contributed by atoms with E-state index in [-0.39, 0.29) is 12.5 Å². The van der Waals surface area contributed by atoms with Crippen molar-refractivity contribution in [3.05, 3.63) is 60.0 Å². The summed E-state index contributed by atoms with van der Waals surface area (Å²) in [6.45, 7) is 3.81. The zero-order chi connectivity index (χ0) is 18.3. The first kappa shape index (κ1) is 16.2. The van der Waals surface area contributed by atoms with Gasteiger partial charge in [-0.25, -0.2) is 0 Å². The van der Waals surface area contributed by atoms with Gasteiger partial charge in [0.15, 0.2) is 6.73 Å². The van der Waals surface area contributed by atoms with E-state index in [1.54, 1.807) is 16.9 Å². The van der Waals surface area contributed by atoms with Crippen LogP contribution >= 0.6 is 0 Å². The molecule has 0 saturated carbocycles. The summed E-state index contributed by atoms with van der Waals surface area (Å²) in [6.07, 6.45) is 0. The van der Waals surface area contributed by atoms with Crippen molar-refractivity contribution in [2.75, 3.05) is 6.73 Å². The van der Waals surface area contributed by atoms with E-state index in [9.17, 15) is 5.11 Å². The molecule has 0 fully saturated rings. The van der Waals surface area contributed by atoms with Crippen molar-refractivity contribution in [2.24, 2.45) is 5.73 Å². The van der Waals surface area contributed by atoms with Crippen molar-refractivity contribution in [1.82, 2.24) is 9.89 Å². The number of nitrogens with zero attached hydrogens (tertiary/aromatic N) is 2. The fraction of sp³-hybridized carbons (Fsp3) is 0.150. The van der Waals surface area contributed by atoms with Crippen LogP contribution in [0.1, 0.15) is 11.5 Å². The summed E-state index contributed by atoms with van der Waals surface area (Å²) in [6, 6.07) is 15.1. The highest BCUT2D eigenvalue weighted by Crippen LogP contribution is 2.42. The maximum absolute atomic E-state index is 9.68. The van der Waals surface area contributed by atoms with Crippen LogP contribution in [-0.4, -0.2) is 21.7 Å². The molecule has 0 aliphatic rings. The van der Waals surface area contributed by atoms with Crippen LogP contribution in [0.15, 0.2) is 53.1 Å². The van der Waals surface area contributed by atoms with Crippen LogP contribution in [0.25, 0.3) is 33.3 Å². The van der Waals surface area contributed by atoms with Gasteiger partial charge in [0.1, 0.15) is 17.2 Å². The van der Waals surface area contributed by atoms with Gasteiger partial charge in [-0.05, 0) is 37.6 Å². The molecule has 0 amide bonds. The van der Waals surface area contributed by atoms with Gasteiger partial charge in [-0.1, -0.05) is 35.5 Å². The molecule has 0 radical (unpaired) electrons. The number of nitrogens with two attached hydrogens (primary N) is 1. The summed E-state index contributed by atoms with van der Waals surface area (Å²) < 4.78 is 7.14. The van der Waals surface area contributed by atoms with E-state index in [4.69, 9.17) is 15.1 Å². The molecule has 4 rings (SSSR count). The van der Waals surface area contributed by atoms with Gasteiger partial charge in [-0.3, -0.25) is 5.73 Å². The number of aromatic hydroxyl groups is 1. The Labute approximate surface area is 150 Å². The maximum Gasteiger partial charge on any atom is 0.163 e. The van der Waals surface area contributed by atoms with Crippen molar-refractivity contribution in [3.8, 4) is 28.1 Å². The lowest BCUT2D eigenvalue weighted by Gasteiger charge is -2.12. The third-order valence-corrected chi connectivity index (χ3v) is 4.46. The molecule has 0 aliphatic heterocycles. The summed E-state index contributed by atoms with van der Waals surface area (Å²) in [5.41, 5.74) is 11.0. The monoisotopic (exact) mass is 349 g/mol. The molecular weight excluding hydrogens is 330 g/mol. The molecule has 26 heavy (non-hydrogen) atoms. The Morgan fingerprint density at radius 1 is 1.08 bits per heavy atom. The standard InChI is InChI=1S/C20H19N3O3/c1-12-18(13(2)26-22-12)20-19(14-7-9-15(24)10-8-14)16-5-3-4-6-17(16)23(20)25-11-21/h3-10,24H,11,21H2,1-2H3. The second-order valence-electron chi connectivity index (χ2n) is 6.08. The van der Waals surface area contributed by atoms with E-state index in [0.29, 0.717) is 5.76 Å². The quantitative estimate of drug-likeness (QED) is 0.550. The SMILES string of the molecule is Cc1noc(C)c1-c1c(-c2ccc(O)cc2)c2ccccc2n1OCN. The topological polar surface area (TPSA) is 86.4 Å². The molecule has 6 nitrogen and oxygen atoms in total. The molecule has 0 spiro atoms. The Balaban J connectivity index is 2.15. The minimum atomic E-state index is 0.0318. The molecule has 2 heterocycles. The van der Waals surface area contributed by atoms with Gasteiger partial charge in [-0.2, -0.15) is 4.73 Å². The second-order valence-corrected chi connectivity index (χ2v) is 6.08. The average molecular weight is 349 g/mol. The Morgan fingerprint density at radius 3 is 2.46 bits per heavy atom. The van der Waals surface area contributed by atoms with E-state index in [1.807, 2.05) is 50.2 Å². The van der Waals surface area contributed by atoms with E-state index in [0.717, 1.165) is 39.0 Å². The number of fused-ring (bicyclic) bond motifs is 1. The third kappa shape index (κ3) is 2.43. The fourth-order valence-electron chi connectivity index (χ4n) is 3.39. The molecule has 2 aromatic heterocycles. The molecular formula is C20H19N3O3. The van der Waals surface area contributed by atoms with E-state index >= 15 is 0 Å². The average Bonchev–Trinajstić information content (AvgIpc) is 3.13. The number of rotatable bonds is 4. The highest BCUT2D eigenvalue weighted by Gasteiger charge is 2.25. The summed E-state index contributed by atoms with van der Waals surface area (Å²) >= 11 is 0. The Bertz CT molecular complexity index is 1060. The van der Waals surface area contributed by atoms with E-state index in [1.165, 1.54) is 0 Å². The number of phenolic OH excluding ortho intramolecular Hbond substituents is 1. The molecule has 132 valence electrons. The lowest BCUT2D eigenvalue weighted by atomic mass is 9.97. The van der Waals surface area contributed by atoms with Crippen LogP contribution in [-0.2, 0) is 0 Å². The number of benzene rings is 2. The fourth-order valence-corrected chi connectivity index (χ4v) is 3.39. The van der Waals surface area contributed by atoms with Crippen molar-refractivity contribution < 1.29 is 14.5 Å². The molecule has 0 bridgehead atoms. The molecule has 2 aromatic carbocycles. The van der Waals surface area contributed by atoms with Gasteiger partial charge >= 0.3 is 0 Å². The largest absolute Gasteiger partial charge is 0.508 e. The Morgan fingerprint density at radius 2 is 1.81 bits per heavy atom. The number of aromatic nitrogens is 2. The van der Waals surface area contributed by atoms with Crippen molar-refractivity contribution in [2.45, 2.75) is 13.8 Å². The summed E-state index contributed by atoms with van der Waals surface area (Å²) in [5, 5.41) is 14.8. The lowest BCUT2D eigenvalue weighted by molar-refractivity contribution is 0.130. The zero-order valence-electron chi connectivity index (χ0n) is 14.6. The molecule has 4 aromatic rings. The molecule has 6 heteroatoms. The number of phenols is 1. The van der Waals surface area contributed by atoms with Crippen LogP contribution in [0, 0.1) is 13.8 Å². The molecule has 0 saturated heterocycles. The van der Waals surface area contributed by atoms with Gasteiger partial charge in [-0.15, -0.1) is 0 Å². The maximum atomic E-state index is 9.68. The summed E-state index contributed by atoms with van der Waals surface area (Å²) in [5.74, 6) is 0.918. The zero-order valence-corrected chi connectivity index (χ0v) is 14.6. The minimum absolute atomic E-state index is 0.0318. The highest BCUT2D eigenvalue weighted by molar-refractivity contribution is 6.04. The summed E-state index contributed by atoms with van der Waals surface area (Å²) in [4.78, 5) is 5.79. The van der Waals surface area contributed by atoms with Crippen LogP contribution in [0.3, 0.4) is 0 Å². The second kappa shape index (κ2) is 6.24. The van der Waals surface area contributed by atoms with Crippen LogP contribution in [0.5, 0.6) is 5.75 Å². The first-order chi connectivity index (χ1) is 12.6. The number of hydrogen-bond donors (Lipinski definition) is 2. The number of para-hydroxylation sites is 1. The van der Waals surface area contributed by atoms with E-state index in [2.05, 4.69) is 5.16 Å². The normalized spacial score (nSPS) is 11.2. The lowest BCUT2D eigenvalue weighted by Crippen LogP contribution is -2.19. The summed E-state index contributed by atoms with van der Waals surface area (Å²) in [7, 11) is 0.